The van der Waals surface area contributed by atoms with E-state index in [0.29, 0.717) is 22.7 Å². The van der Waals surface area contributed by atoms with Gasteiger partial charge in [0.2, 0.25) is 0 Å². The minimum Gasteiger partial charge on any atom is -0.423 e. The average molecular weight is 332 g/mol. The molecule has 0 aliphatic carbocycles. The molecule has 25 heavy (non-hydrogen) atoms. The van der Waals surface area contributed by atoms with Crippen LogP contribution in [0.25, 0.3) is 0 Å². The van der Waals surface area contributed by atoms with Gasteiger partial charge in [0.15, 0.2) is 0 Å². The summed E-state index contributed by atoms with van der Waals surface area (Å²) in [5.41, 5.74) is 1.67. The lowest BCUT2D eigenvalue weighted by Gasteiger charge is -2.09. The van der Waals surface area contributed by atoms with Gasteiger partial charge in [-0.15, -0.1) is 0 Å². The number of esters is 1. The molecule has 0 aliphatic heterocycles. The number of amides is 2. The van der Waals surface area contributed by atoms with Gasteiger partial charge in [-0.3, -0.25) is 0 Å². The number of hydrogen-bond donors (Lipinski definition) is 2. The van der Waals surface area contributed by atoms with Gasteiger partial charge in [-0.25, -0.2) is 9.59 Å². The Bertz CT molecular complexity index is 864. The molecule has 0 unspecified atom stereocenters. The molecule has 3 rings (SSSR count). The second-order valence-corrected chi connectivity index (χ2v) is 5.23. The first kappa shape index (κ1) is 16.3. The van der Waals surface area contributed by atoms with Gasteiger partial charge >= 0.3 is 12.0 Å². The smallest absolute Gasteiger partial charge is 0.343 e. The second kappa shape index (κ2) is 7.79. The number of benzene rings is 3. The summed E-state index contributed by atoms with van der Waals surface area (Å²) in [7, 11) is 0. The van der Waals surface area contributed by atoms with E-state index in [4.69, 9.17) is 4.74 Å². The van der Waals surface area contributed by atoms with Crippen LogP contribution in [0.2, 0.25) is 0 Å². The van der Waals surface area contributed by atoms with Crippen molar-refractivity contribution in [3.63, 3.8) is 0 Å². The molecule has 2 N–H and O–H groups in total. The summed E-state index contributed by atoms with van der Waals surface area (Å²) in [4.78, 5) is 24.1. The molecule has 0 bridgehead atoms. The number of carbonyl (C=O) groups excluding carboxylic acids is 2. The van der Waals surface area contributed by atoms with Crippen molar-refractivity contribution in [3.05, 3.63) is 90.5 Å². The number of para-hydroxylation sites is 1. The van der Waals surface area contributed by atoms with E-state index in [9.17, 15) is 9.59 Å². The molecule has 0 aliphatic rings. The molecule has 0 atom stereocenters. The minimum absolute atomic E-state index is 0.353. The molecular formula is C20H16N2O3. The zero-order valence-electron chi connectivity index (χ0n) is 13.3. The SMILES string of the molecule is O=C(Nc1ccccc1)Nc1cccc(OC(=O)c2ccccc2)c1. The number of nitrogens with one attached hydrogen (secondary N) is 2. The average Bonchev–Trinajstić information content (AvgIpc) is 2.63. The van der Waals surface area contributed by atoms with Gasteiger partial charge in [0.25, 0.3) is 0 Å². The Kier molecular flexibility index (Phi) is 5.07. The van der Waals surface area contributed by atoms with Crippen molar-refractivity contribution in [2.24, 2.45) is 0 Å². The Morgan fingerprint density at radius 1 is 0.680 bits per heavy atom. The molecule has 0 saturated carbocycles. The van der Waals surface area contributed by atoms with Gasteiger partial charge in [0, 0.05) is 17.4 Å². The van der Waals surface area contributed by atoms with Gasteiger partial charge < -0.3 is 15.4 Å². The van der Waals surface area contributed by atoms with Crippen LogP contribution in [0.1, 0.15) is 10.4 Å². The molecule has 3 aromatic rings. The number of hydrogen-bond acceptors (Lipinski definition) is 3. The van der Waals surface area contributed by atoms with Crippen LogP contribution in [0.5, 0.6) is 5.75 Å². The number of ether oxygens (including phenoxy) is 1. The summed E-state index contributed by atoms with van der Waals surface area (Å²) < 4.78 is 5.33. The first-order chi connectivity index (χ1) is 12.2. The Morgan fingerprint density at radius 3 is 2.00 bits per heavy atom. The van der Waals surface area contributed by atoms with Crippen LogP contribution in [0.15, 0.2) is 84.9 Å². The zero-order chi connectivity index (χ0) is 17.5. The molecule has 0 fully saturated rings. The highest BCUT2D eigenvalue weighted by atomic mass is 16.5. The monoisotopic (exact) mass is 332 g/mol. The Balaban J connectivity index is 1.63. The van der Waals surface area contributed by atoms with Gasteiger partial charge in [-0.05, 0) is 36.4 Å². The topological polar surface area (TPSA) is 67.4 Å². The summed E-state index contributed by atoms with van der Waals surface area (Å²) in [6.45, 7) is 0. The van der Waals surface area contributed by atoms with E-state index < -0.39 is 5.97 Å². The lowest BCUT2D eigenvalue weighted by Crippen LogP contribution is -2.19. The Hall–Kier alpha value is -3.60. The predicted octanol–water partition coefficient (Wildman–Crippen LogP) is 4.55. The maximum Gasteiger partial charge on any atom is 0.343 e. The minimum atomic E-state index is -0.452. The van der Waals surface area contributed by atoms with Crippen molar-refractivity contribution in [2.75, 3.05) is 10.6 Å². The summed E-state index contributed by atoms with van der Waals surface area (Å²) >= 11 is 0. The summed E-state index contributed by atoms with van der Waals surface area (Å²) in [6.07, 6.45) is 0. The third-order valence-electron chi connectivity index (χ3n) is 3.34. The van der Waals surface area contributed by atoms with Crippen molar-refractivity contribution in [2.45, 2.75) is 0 Å². The van der Waals surface area contributed by atoms with Crippen molar-refractivity contribution in [1.29, 1.82) is 0 Å². The summed E-state index contributed by atoms with van der Waals surface area (Å²) in [5.74, 6) is -0.0992. The maximum atomic E-state index is 12.1. The van der Waals surface area contributed by atoms with Gasteiger partial charge in [0.05, 0.1) is 5.56 Å². The zero-order valence-corrected chi connectivity index (χ0v) is 13.3. The Morgan fingerprint density at radius 2 is 1.28 bits per heavy atom. The van der Waals surface area contributed by atoms with Gasteiger partial charge in [0.1, 0.15) is 5.75 Å². The summed E-state index contributed by atoms with van der Waals surface area (Å²) in [5, 5.41) is 5.42. The normalized spacial score (nSPS) is 9.92. The van der Waals surface area contributed by atoms with Crippen LogP contribution in [0.4, 0.5) is 16.2 Å². The van der Waals surface area contributed by atoms with E-state index in [-0.39, 0.29) is 6.03 Å². The first-order valence-corrected chi connectivity index (χ1v) is 7.71. The van der Waals surface area contributed by atoms with E-state index >= 15 is 0 Å². The van der Waals surface area contributed by atoms with Gasteiger partial charge in [-0.1, -0.05) is 42.5 Å². The molecule has 3 aromatic carbocycles. The van der Waals surface area contributed by atoms with E-state index in [2.05, 4.69) is 10.6 Å². The van der Waals surface area contributed by atoms with Crippen LogP contribution < -0.4 is 15.4 Å². The standard InChI is InChI=1S/C20H16N2O3/c23-19(15-8-3-1-4-9-15)25-18-13-7-12-17(14-18)22-20(24)21-16-10-5-2-6-11-16/h1-14H,(H2,21,22,24). The van der Waals surface area contributed by atoms with Crippen LogP contribution in [-0.2, 0) is 0 Å². The van der Waals surface area contributed by atoms with E-state index in [0.717, 1.165) is 0 Å². The molecule has 0 radical (unpaired) electrons. The fourth-order valence-corrected chi connectivity index (χ4v) is 2.19. The molecule has 124 valence electrons. The van der Waals surface area contributed by atoms with Crippen molar-refractivity contribution >= 4 is 23.4 Å². The largest absolute Gasteiger partial charge is 0.423 e. The third kappa shape index (κ3) is 4.68. The highest BCUT2D eigenvalue weighted by Gasteiger charge is 2.09. The maximum absolute atomic E-state index is 12.1. The lowest BCUT2D eigenvalue weighted by molar-refractivity contribution is 0.0735. The number of anilines is 2. The van der Waals surface area contributed by atoms with Crippen LogP contribution >= 0.6 is 0 Å². The number of rotatable bonds is 4. The van der Waals surface area contributed by atoms with Crippen LogP contribution in [-0.4, -0.2) is 12.0 Å². The Labute approximate surface area is 145 Å². The number of urea groups is 1. The molecule has 0 heterocycles. The van der Waals surface area contributed by atoms with Crippen LogP contribution in [0.3, 0.4) is 0 Å². The molecule has 0 aromatic heterocycles. The highest BCUT2D eigenvalue weighted by Crippen LogP contribution is 2.19. The summed E-state index contributed by atoms with van der Waals surface area (Å²) in [6, 6.07) is 24.1. The first-order valence-electron chi connectivity index (χ1n) is 7.71. The van der Waals surface area contributed by atoms with Crippen molar-refractivity contribution in [3.8, 4) is 5.75 Å². The predicted molar refractivity (Wildman–Crippen MR) is 96.9 cm³/mol. The quantitative estimate of drug-likeness (QED) is 0.544. The van der Waals surface area contributed by atoms with Crippen molar-refractivity contribution in [1.82, 2.24) is 0 Å². The molecular weight excluding hydrogens is 316 g/mol. The lowest BCUT2D eigenvalue weighted by atomic mass is 10.2. The molecule has 0 saturated heterocycles. The van der Waals surface area contributed by atoms with Gasteiger partial charge in [-0.2, -0.15) is 0 Å². The van der Waals surface area contributed by atoms with Crippen LogP contribution in [0, 0.1) is 0 Å². The molecule has 0 spiro atoms. The fourth-order valence-electron chi connectivity index (χ4n) is 2.19. The third-order valence-corrected chi connectivity index (χ3v) is 3.34. The molecule has 2 amide bonds. The van der Waals surface area contributed by atoms with E-state index in [1.54, 1.807) is 60.7 Å². The molecule has 5 heteroatoms. The fraction of sp³-hybridized carbons (Fsp3) is 0. The number of carbonyl (C=O) groups is 2. The molecule has 5 nitrogen and oxygen atoms in total. The highest BCUT2D eigenvalue weighted by molar-refractivity contribution is 6.00. The van der Waals surface area contributed by atoms with E-state index in [1.807, 2.05) is 24.3 Å². The van der Waals surface area contributed by atoms with E-state index in [1.165, 1.54) is 0 Å². The van der Waals surface area contributed by atoms with Crippen molar-refractivity contribution < 1.29 is 14.3 Å². The second-order valence-electron chi connectivity index (χ2n) is 5.23.